The van der Waals surface area contributed by atoms with Crippen LogP contribution >= 0.6 is 0 Å². The minimum atomic E-state index is -0.837. The van der Waals surface area contributed by atoms with Crippen molar-refractivity contribution in [3.63, 3.8) is 0 Å². The maximum Gasteiger partial charge on any atom is 0.303 e. The molecule has 0 saturated heterocycles. The smallest absolute Gasteiger partial charge is 0.303 e. The van der Waals surface area contributed by atoms with Crippen molar-refractivity contribution >= 4 is 17.8 Å². The molecular formula is C13H24N2O4. The predicted molar refractivity (Wildman–Crippen MR) is 71.5 cm³/mol. The van der Waals surface area contributed by atoms with Crippen LogP contribution in [0.4, 0.5) is 0 Å². The van der Waals surface area contributed by atoms with Crippen LogP contribution in [0.25, 0.3) is 0 Å². The summed E-state index contributed by atoms with van der Waals surface area (Å²) in [6, 6.07) is -0.552. The van der Waals surface area contributed by atoms with E-state index in [4.69, 9.17) is 5.11 Å². The van der Waals surface area contributed by atoms with E-state index >= 15 is 0 Å². The Morgan fingerprint density at radius 2 is 1.74 bits per heavy atom. The van der Waals surface area contributed by atoms with Gasteiger partial charge in [0.1, 0.15) is 6.04 Å². The molecule has 0 fully saturated rings. The molecule has 2 unspecified atom stereocenters. The Morgan fingerprint density at radius 3 is 2.16 bits per heavy atom. The van der Waals surface area contributed by atoms with E-state index in [0.29, 0.717) is 13.0 Å². The highest BCUT2D eigenvalue weighted by atomic mass is 16.4. The second kappa shape index (κ2) is 8.50. The summed E-state index contributed by atoms with van der Waals surface area (Å²) in [7, 11) is 0. The van der Waals surface area contributed by atoms with Crippen LogP contribution in [0.5, 0.6) is 0 Å². The second-order valence-corrected chi connectivity index (χ2v) is 5.20. The minimum absolute atomic E-state index is 0.00164. The third-order valence-electron chi connectivity index (χ3n) is 2.78. The molecule has 0 heterocycles. The van der Waals surface area contributed by atoms with Gasteiger partial charge in [-0.25, -0.2) is 0 Å². The lowest BCUT2D eigenvalue weighted by Gasteiger charge is -2.22. The first-order chi connectivity index (χ1) is 8.73. The van der Waals surface area contributed by atoms with Gasteiger partial charge >= 0.3 is 5.97 Å². The Labute approximate surface area is 113 Å². The van der Waals surface area contributed by atoms with Gasteiger partial charge in [-0.1, -0.05) is 20.8 Å². The van der Waals surface area contributed by atoms with Gasteiger partial charge in [-0.15, -0.1) is 0 Å². The zero-order valence-electron chi connectivity index (χ0n) is 12.0. The molecule has 6 nitrogen and oxygen atoms in total. The van der Waals surface area contributed by atoms with Gasteiger partial charge in [-0.05, 0) is 18.3 Å². The highest BCUT2D eigenvalue weighted by Gasteiger charge is 2.22. The third-order valence-corrected chi connectivity index (χ3v) is 2.78. The molecule has 0 rings (SSSR count). The molecule has 0 aliphatic rings. The van der Waals surface area contributed by atoms with Gasteiger partial charge in [0.15, 0.2) is 0 Å². The van der Waals surface area contributed by atoms with Crippen LogP contribution < -0.4 is 10.6 Å². The maximum absolute atomic E-state index is 11.9. The molecule has 0 aliphatic carbocycles. The van der Waals surface area contributed by atoms with Crippen molar-refractivity contribution in [3.8, 4) is 0 Å². The first-order valence-corrected chi connectivity index (χ1v) is 6.50. The SMILES string of the molecule is CC(=O)NC(C(=O)NCC(C)CCC(=O)O)C(C)C. The summed E-state index contributed by atoms with van der Waals surface area (Å²) in [4.78, 5) is 33.4. The van der Waals surface area contributed by atoms with E-state index in [1.807, 2.05) is 20.8 Å². The number of carbonyl (C=O) groups excluding carboxylic acids is 2. The Hall–Kier alpha value is -1.59. The maximum atomic E-state index is 11.9. The molecule has 19 heavy (non-hydrogen) atoms. The molecule has 0 aromatic rings. The topological polar surface area (TPSA) is 95.5 Å². The fourth-order valence-corrected chi connectivity index (χ4v) is 1.61. The lowest BCUT2D eigenvalue weighted by molar-refractivity contribution is -0.137. The summed E-state index contributed by atoms with van der Waals surface area (Å²) < 4.78 is 0. The molecule has 6 heteroatoms. The Balaban J connectivity index is 4.18. The molecule has 0 spiro atoms. The molecule has 3 N–H and O–H groups in total. The lowest BCUT2D eigenvalue weighted by Crippen LogP contribution is -2.49. The summed E-state index contributed by atoms with van der Waals surface area (Å²) in [5.74, 6) is -1.22. The lowest BCUT2D eigenvalue weighted by atomic mass is 10.0. The normalized spacial score (nSPS) is 13.7. The van der Waals surface area contributed by atoms with Gasteiger partial charge in [-0.3, -0.25) is 14.4 Å². The van der Waals surface area contributed by atoms with Crippen molar-refractivity contribution in [1.82, 2.24) is 10.6 Å². The van der Waals surface area contributed by atoms with Crippen molar-refractivity contribution < 1.29 is 19.5 Å². The summed E-state index contributed by atoms with van der Waals surface area (Å²) in [6.07, 6.45) is 0.610. The number of aliphatic carboxylic acids is 1. The van der Waals surface area contributed by atoms with E-state index in [9.17, 15) is 14.4 Å². The number of hydrogen-bond acceptors (Lipinski definition) is 3. The first-order valence-electron chi connectivity index (χ1n) is 6.50. The largest absolute Gasteiger partial charge is 0.481 e. The number of carboxylic acid groups (broad SMARTS) is 1. The van der Waals surface area contributed by atoms with Gasteiger partial charge in [-0.2, -0.15) is 0 Å². The van der Waals surface area contributed by atoms with Crippen LogP contribution in [0, 0.1) is 11.8 Å². The molecule has 0 aliphatic heterocycles. The van der Waals surface area contributed by atoms with Crippen molar-refractivity contribution in [2.75, 3.05) is 6.54 Å². The number of carbonyl (C=O) groups is 3. The van der Waals surface area contributed by atoms with Crippen LogP contribution in [-0.2, 0) is 14.4 Å². The van der Waals surface area contributed by atoms with Crippen LogP contribution in [0.1, 0.15) is 40.5 Å². The first kappa shape index (κ1) is 17.4. The summed E-state index contributed by atoms with van der Waals surface area (Å²) in [6.45, 7) is 7.38. The molecular weight excluding hydrogens is 248 g/mol. The fraction of sp³-hybridized carbons (Fsp3) is 0.769. The standard InChI is InChI=1S/C13H24N2O4/c1-8(2)12(15-10(4)16)13(19)14-7-9(3)5-6-11(17)18/h8-9,12H,5-7H2,1-4H3,(H,14,19)(H,15,16)(H,17,18). The van der Waals surface area contributed by atoms with Crippen molar-refractivity contribution in [2.24, 2.45) is 11.8 Å². The van der Waals surface area contributed by atoms with Gasteiger partial charge in [0.2, 0.25) is 11.8 Å². The number of nitrogens with one attached hydrogen (secondary N) is 2. The summed E-state index contributed by atoms with van der Waals surface area (Å²) in [5, 5.41) is 13.9. The van der Waals surface area contributed by atoms with Crippen LogP contribution in [0.2, 0.25) is 0 Å². The predicted octanol–water partition coefficient (Wildman–Crippen LogP) is 0.764. The average molecular weight is 272 g/mol. The van der Waals surface area contributed by atoms with Crippen molar-refractivity contribution in [3.05, 3.63) is 0 Å². The van der Waals surface area contributed by atoms with Gasteiger partial charge in [0, 0.05) is 19.9 Å². The van der Waals surface area contributed by atoms with E-state index in [-0.39, 0.29) is 30.1 Å². The summed E-state index contributed by atoms with van der Waals surface area (Å²) in [5.41, 5.74) is 0. The van der Waals surface area contributed by atoms with Crippen LogP contribution in [0.15, 0.2) is 0 Å². The Bertz CT molecular complexity index is 329. The second-order valence-electron chi connectivity index (χ2n) is 5.20. The highest BCUT2D eigenvalue weighted by Crippen LogP contribution is 2.06. The van der Waals surface area contributed by atoms with Crippen molar-refractivity contribution in [2.45, 2.75) is 46.6 Å². The van der Waals surface area contributed by atoms with E-state index < -0.39 is 12.0 Å². The number of hydrogen-bond donors (Lipinski definition) is 3. The van der Waals surface area contributed by atoms with E-state index in [2.05, 4.69) is 10.6 Å². The molecule has 0 saturated carbocycles. The van der Waals surface area contributed by atoms with E-state index in [1.54, 1.807) is 0 Å². The summed E-state index contributed by atoms with van der Waals surface area (Å²) >= 11 is 0. The Morgan fingerprint density at radius 1 is 1.16 bits per heavy atom. The molecule has 2 amide bonds. The third kappa shape index (κ3) is 8.18. The number of carboxylic acids is 1. The number of rotatable bonds is 8. The zero-order valence-corrected chi connectivity index (χ0v) is 12.0. The van der Waals surface area contributed by atoms with E-state index in [0.717, 1.165) is 0 Å². The van der Waals surface area contributed by atoms with Gasteiger partial charge in [0.05, 0.1) is 0 Å². The monoisotopic (exact) mass is 272 g/mol. The quantitative estimate of drug-likeness (QED) is 0.608. The molecule has 2 atom stereocenters. The molecule has 110 valence electrons. The average Bonchev–Trinajstić information content (AvgIpc) is 2.29. The molecule has 0 aromatic heterocycles. The number of amides is 2. The highest BCUT2D eigenvalue weighted by molar-refractivity contribution is 5.87. The van der Waals surface area contributed by atoms with E-state index in [1.165, 1.54) is 6.92 Å². The van der Waals surface area contributed by atoms with Crippen LogP contribution in [-0.4, -0.2) is 35.5 Å². The molecule has 0 bridgehead atoms. The van der Waals surface area contributed by atoms with Gasteiger partial charge < -0.3 is 15.7 Å². The Kier molecular flexibility index (Phi) is 7.79. The molecule has 0 aromatic carbocycles. The minimum Gasteiger partial charge on any atom is -0.481 e. The van der Waals surface area contributed by atoms with Gasteiger partial charge in [0.25, 0.3) is 0 Å². The van der Waals surface area contributed by atoms with Crippen molar-refractivity contribution in [1.29, 1.82) is 0 Å². The fourth-order valence-electron chi connectivity index (χ4n) is 1.61. The zero-order chi connectivity index (χ0) is 15.0. The van der Waals surface area contributed by atoms with Crippen LogP contribution in [0.3, 0.4) is 0 Å². The molecule has 0 radical (unpaired) electrons.